The summed E-state index contributed by atoms with van der Waals surface area (Å²) < 4.78 is 34.7. The molecule has 158 valence electrons. The molecule has 2 heterocycles. The molecule has 31 heavy (non-hydrogen) atoms. The molecular weight excluding hydrogens is 406 g/mol. The predicted octanol–water partition coefficient (Wildman–Crippen LogP) is 2.88. The van der Waals surface area contributed by atoms with Crippen LogP contribution in [0.2, 0.25) is 0 Å². The molecule has 4 aromatic rings. The molecule has 0 bridgehead atoms. The minimum atomic E-state index is -0.834. The smallest absolute Gasteiger partial charge is 0.276 e. The van der Waals surface area contributed by atoms with Crippen molar-refractivity contribution in [2.75, 3.05) is 13.7 Å². The van der Waals surface area contributed by atoms with Crippen molar-refractivity contribution in [3.63, 3.8) is 0 Å². The standard InChI is InChI=1S/C22H18F2N4O3/c1-31-18-4-2-3-14(11-18)19-13-20-22(30)27(7-8-28(20)26-19)6-5-25-21(29)15-9-16(23)12-17(24)10-15/h2-4,7-13H,5-6H2,1H3,(H,25,29). The fourth-order valence-electron chi connectivity index (χ4n) is 3.20. The number of rotatable bonds is 6. The molecule has 0 unspecified atom stereocenters. The summed E-state index contributed by atoms with van der Waals surface area (Å²) in [6, 6.07) is 11.6. The molecule has 1 amide bonds. The molecule has 0 atom stereocenters. The van der Waals surface area contributed by atoms with Crippen molar-refractivity contribution in [1.82, 2.24) is 19.5 Å². The average Bonchev–Trinajstić information content (AvgIpc) is 3.20. The zero-order valence-electron chi connectivity index (χ0n) is 16.5. The van der Waals surface area contributed by atoms with Crippen molar-refractivity contribution in [1.29, 1.82) is 0 Å². The summed E-state index contributed by atoms with van der Waals surface area (Å²) in [4.78, 5) is 24.9. The Morgan fingerprint density at radius 3 is 2.61 bits per heavy atom. The van der Waals surface area contributed by atoms with E-state index in [1.54, 1.807) is 25.6 Å². The molecule has 2 aromatic heterocycles. The van der Waals surface area contributed by atoms with Gasteiger partial charge >= 0.3 is 0 Å². The molecule has 0 aliphatic rings. The van der Waals surface area contributed by atoms with Crippen LogP contribution in [0.4, 0.5) is 8.78 Å². The van der Waals surface area contributed by atoms with Crippen molar-refractivity contribution >= 4 is 11.4 Å². The summed E-state index contributed by atoms with van der Waals surface area (Å²) in [5, 5.41) is 6.98. The number of aromatic nitrogens is 3. The highest BCUT2D eigenvalue weighted by Crippen LogP contribution is 2.23. The Hall–Kier alpha value is -4.01. The van der Waals surface area contributed by atoms with E-state index in [2.05, 4.69) is 10.4 Å². The maximum absolute atomic E-state index is 13.3. The van der Waals surface area contributed by atoms with E-state index in [0.29, 0.717) is 23.0 Å². The van der Waals surface area contributed by atoms with Gasteiger partial charge in [0.2, 0.25) is 0 Å². The number of ether oxygens (including phenoxy) is 1. The van der Waals surface area contributed by atoms with Gasteiger partial charge in [0, 0.05) is 42.7 Å². The molecule has 0 spiro atoms. The first kappa shape index (κ1) is 20.3. The number of methoxy groups -OCH3 is 1. The van der Waals surface area contributed by atoms with Gasteiger partial charge < -0.3 is 14.6 Å². The molecule has 1 N–H and O–H groups in total. The zero-order valence-corrected chi connectivity index (χ0v) is 16.5. The van der Waals surface area contributed by atoms with Gasteiger partial charge in [0.25, 0.3) is 11.5 Å². The van der Waals surface area contributed by atoms with Crippen molar-refractivity contribution < 1.29 is 18.3 Å². The summed E-state index contributed by atoms with van der Waals surface area (Å²) >= 11 is 0. The number of carbonyl (C=O) groups is 1. The topological polar surface area (TPSA) is 77.6 Å². The van der Waals surface area contributed by atoms with Crippen LogP contribution in [0.5, 0.6) is 5.75 Å². The molecule has 0 saturated carbocycles. The first-order valence-corrected chi connectivity index (χ1v) is 9.42. The molecule has 0 fully saturated rings. The Bertz CT molecular complexity index is 1310. The van der Waals surface area contributed by atoms with Crippen LogP contribution < -0.4 is 15.6 Å². The van der Waals surface area contributed by atoms with Crippen molar-refractivity contribution in [2.24, 2.45) is 0 Å². The number of hydrogen-bond donors (Lipinski definition) is 1. The van der Waals surface area contributed by atoms with Gasteiger partial charge in [0.05, 0.1) is 12.8 Å². The summed E-state index contributed by atoms with van der Waals surface area (Å²) in [5.74, 6) is -1.61. The van der Waals surface area contributed by atoms with Gasteiger partial charge in [-0.25, -0.2) is 13.3 Å². The molecule has 0 radical (unpaired) electrons. The minimum absolute atomic E-state index is 0.101. The third-order valence-corrected chi connectivity index (χ3v) is 4.73. The largest absolute Gasteiger partial charge is 0.497 e. The number of nitrogens with zero attached hydrogens (tertiary/aromatic N) is 3. The van der Waals surface area contributed by atoms with Crippen molar-refractivity contribution in [3.8, 4) is 17.0 Å². The van der Waals surface area contributed by atoms with Crippen LogP contribution in [-0.4, -0.2) is 33.7 Å². The summed E-state index contributed by atoms with van der Waals surface area (Å²) in [5.41, 5.74) is 1.40. The lowest BCUT2D eigenvalue weighted by atomic mass is 10.1. The molecule has 0 saturated heterocycles. The second kappa shape index (κ2) is 8.39. The lowest BCUT2D eigenvalue weighted by molar-refractivity contribution is 0.0951. The minimum Gasteiger partial charge on any atom is -0.497 e. The molecule has 0 aliphatic carbocycles. The Balaban J connectivity index is 1.50. The van der Waals surface area contributed by atoms with Gasteiger partial charge in [0.15, 0.2) is 0 Å². The molecule has 9 heteroatoms. The van der Waals surface area contributed by atoms with Crippen molar-refractivity contribution in [3.05, 3.63) is 88.5 Å². The van der Waals surface area contributed by atoms with Crippen LogP contribution in [-0.2, 0) is 6.54 Å². The number of nitrogens with one attached hydrogen (secondary N) is 1. The van der Waals surface area contributed by atoms with Crippen LogP contribution >= 0.6 is 0 Å². The maximum atomic E-state index is 13.3. The van der Waals surface area contributed by atoms with E-state index in [-0.39, 0.29) is 24.2 Å². The normalized spacial score (nSPS) is 10.9. The Morgan fingerprint density at radius 2 is 1.87 bits per heavy atom. The lowest BCUT2D eigenvalue weighted by Crippen LogP contribution is -2.31. The molecule has 0 aliphatic heterocycles. The lowest BCUT2D eigenvalue weighted by Gasteiger charge is -2.08. The first-order chi connectivity index (χ1) is 14.9. The van der Waals surface area contributed by atoms with Gasteiger partial charge in [-0.15, -0.1) is 0 Å². The summed E-state index contributed by atoms with van der Waals surface area (Å²) in [6.45, 7) is 0.280. The number of amides is 1. The number of hydrogen-bond acceptors (Lipinski definition) is 4. The quantitative estimate of drug-likeness (QED) is 0.516. The van der Waals surface area contributed by atoms with Gasteiger partial charge in [-0.1, -0.05) is 12.1 Å². The second-order valence-corrected chi connectivity index (χ2v) is 6.80. The van der Waals surface area contributed by atoms with E-state index in [4.69, 9.17) is 4.74 Å². The van der Waals surface area contributed by atoms with Crippen LogP contribution in [0.25, 0.3) is 16.8 Å². The van der Waals surface area contributed by atoms with E-state index in [1.165, 1.54) is 9.08 Å². The van der Waals surface area contributed by atoms with Gasteiger partial charge in [-0.3, -0.25) is 9.59 Å². The monoisotopic (exact) mass is 424 g/mol. The van der Waals surface area contributed by atoms with E-state index < -0.39 is 17.5 Å². The van der Waals surface area contributed by atoms with Crippen LogP contribution in [0.15, 0.2) is 65.7 Å². The van der Waals surface area contributed by atoms with E-state index >= 15 is 0 Å². The van der Waals surface area contributed by atoms with Crippen LogP contribution in [0.1, 0.15) is 10.4 Å². The highest BCUT2D eigenvalue weighted by molar-refractivity contribution is 5.94. The Labute approximate surface area is 175 Å². The third-order valence-electron chi connectivity index (χ3n) is 4.73. The van der Waals surface area contributed by atoms with Crippen LogP contribution in [0, 0.1) is 11.6 Å². The summed E-state index contributed by atoms with van der Waals surface area (Å²) in [7, 11) is 1.57. The Kier molecular flexibility index (Phi) is 5.48. The first-order valence-electron chi connectivity index (χ1n) is 9.42. The molecular formula is C22H18F2N4O3. The third kappa shape index (κ3) is 4.30. The summed E-state index contributed by atoms with van der Waals surface area (Å²) in [6.07, 6.45) is 3.20. The SMILES string of the molecule is COc1cccc(-c2cc3c(=O)n(CCNC(=O)c4cc(F)cc(F)c4)ccn3n2)c1. The number of halogens is 2. The fraction of sp³-hybridized carbons (Fsp3) is 0.136. The molecule has 2 aromatic carbocycles. The van der Waals surface area contributed by atoms with Crippen LogP contribution in [0.3, 0.4) is 0 Å². The number of benzene rings is 2. The van der Waals surface area contributed by atoms with Crippen molar-refractivity contribution in [2.45, 2.75) is 6.54 Å². The molecule has 7 nitrogen and oxygen atoms in total. The zero-order chi connectivity index (χ0) is 22.0. The Morgan fingerprint density at radius 1 is 1.10 bits per heavy atom. The fourth-order valence-corrected chi connectivity index (χ4v) is 3.20. The van der Waals surface area contributed by atoms with E-state index in [1.807, 2.05) is 24.3 Å². The predicted molar refractivity (Wildman–Crippen MR) is 110 cm³/mol. The van der Waals surface area contributed by atoms with E-state index in [0.717, 1.165) is 17.7 Å². The average molecular weight is 424 g/mol. The van der Waals surface area contributed by atoms with Gasteiger partial charge in [0.1, 0.15) is 22.9 Å². The highest BCUT2D eigenvalue weighted by Gasteiger charge is 2.11. The highest BCUT2D eigenvalue weighted by atomic mass is 19.1. The second-order valence-electron chi connectivity index (χ2n) is 6.80. The van der Waals surface area contributed by atoms with Gasteiger partial charge in [-0.05, 0) is 30.3 Å². The molecule has 4 rings (SSSR count). The number of fused-ring (bicyclic) bond motifs is 1. The maximum Gasteiger partial charge on any atom is 0.276 e. The van der Waals surface area contributed by atoms with E-state index in [9.17, 15) is 18.4 Å². The van der Waals surface area contributed by atoms with Gasteiger partial charge in [-0.2, -0.15) is 5.10 Å². The number of carbonyl (C=O) groups excluding carboxylic acids is 1.